The fraction of sp³-hybridized carbons (Fsp3) is 0.538. The van der Waals surface area contributed by atoms with Gasteiger partial charge >= 0.3 is 0 Å². The second-order valence-corrected chi connectivity index (χ2v) is 4.65. The molecule has 3 nitrogen and oxygen atoms in total. The van der Waals surface area contributed by atoms with Crippen molar-refractivity contribution in [2.24, 2.45) is 11.7 Å². The molecule has 1 aromatic rings. The fourth-order valence-corrected chi connectivity index (χ4v) is 2.49. The van der Waals surface area contributed by atoms with Crippen molar-refractivity contribution >= 4 is 12.4 Å². The number of aliphatic hydroxyl groups is 1. The zero-order valence-electron chi connectivity index (χ0n) is 9.75. The minimum absolute atomic E-state index is 0. The van der Waals surface area contributed by atoms with Crippen molar-refractivity contribution in [2.75, 3.05) is 0 Å². The van der Waals surface area contributed by atoms with Crippen LogP contribution in [0.1, 0.15) is 37.3 Å². The largest absolute Gasteiger partial charge is 0.508 e. The van der Waals surface area contributed by atoms with Crippen LogP contribution >= 0.6 is 12.4 Å². The Hall–Kier alpha value is -0.770. The van der Waals surface area contributed by atoms with Gasteiger partial charge in [-0.3, -0.25) is 0 Å². The molecule has 0 bridgehead atoms. The molecule has 0 radical (unpaired) electrons. The van der Waals surface area contributed by atoms with Gasteiger partial charge < -0.3 is 15.9 Å². The first-order valence-electron chi connectivity index (χ1n) is 5.91. The summed E-state index contributed by atoms with van der Waals surface area (Å²) in [6, 6.07) is 6.42. The second-order valence-electron chi connectivity index (χ2n) is 4.65. The Bertz CT molecular complexity index is 336. The van der Waals surface area contributed by atoms with Gasteiger partial charge in [0, 0.05) is 0 Å². The van der Waals surface area contributed by atoms with E-state index in [0.717, 1.165) is 18.4 Å². The van der Waals surface area contributed by atoms with Gasteiger partial charge in [0.15, 0.2) is 0 Å². The van der Waals surface area contributed by atoms with Crippen LogP contribution in [0.4, 0.5) is 0 Å². The van der Waals surface area contributed by atoms with Gasteiger partial charge in [-0.2, -0.15) is 0 Å². The van der Waals surface area contributed by atoms with Crippen LogP contribution in [-0.2, 0) is 0 Å². The van der Waals surface area contributed by atoms with Crippen molar-refractivity contribution in [1.29, 1.82) is 0 Å². The van der Waals surface area contributed by atoms with Crippen LogP contribution in [0.15, 0.2) is 24.3 Å². The summed E-state index contributed by atoms with van der Waals surface area (Å²) in [6.45, 7) is 0. The van der Waals surface area contributed by atoms with E-state index in [1.54, 1.807) is 24.3 Å². The lowest BCUT2D eigenvalue weighted by Crippen LogP contribution is -2.31. The number of aliphatic hydroxyl groups excluding tert-OH is 1. The number of hydrogen-bond acceptors (Lipinski definition) is 3. The predicted octanol–water partition coefficient (Wildman–Crippen LogP) is 2.36. The summed E-state index contributed by atoms with van der Waals surface area (Å²) in [6.07, 6.45) is 4.08. The van der Waals surface area contributed by atoms with E-state index in [1.165, 1.54) is 12.8 Å². The first kappa shape index (κ1) is 14.3. The lowest BCUT2D eigenvalue weighted by Gasteiger charge is -2.24. The molecule has 4 N–H and O–H groups in total. The lowest BCUT2D eigenvalue weighted by molar-refractivity contribution is 0.0845. The molecule has 0 saturated heterocycles. The quantitative estimate of drug-likeness (QED) is 0.779. The summed E-state index contributed by atoms with van der Waals surface area (Å²) in [5.74, 6) is 0.565. The van der Waals surface area contributed by atoms with Crippen molar-refractivity contribution in [1.82, 2.24) is 0 Å². The molecule has 96 valence electrons. The highest BCUT2D eigenvalue weighted by Gasteiger charge is 2.28. The number of phenols is 1. The van der Waals surface area contributed by atoms with Crippen LogP contribution in [0.25, 0.3) is 0 Å². The molecule has 1 aromatic carbocycles. The van der Waals surface area contributed by atoms with Crippen molar-refractivity contribution in [3.63, 3.8) is 0 Å². The summed E-state index contributed by atoms with van der Waals surface area (Å²) >= 11 is 0. The molecule has 0 unspecified atom stereocenters. The van der Waals surface area contributed by atoms with Gasteiger partial charge in [-0.05, 0) is 36.5 Å². The van der Waals surface area contributed by atoms with Crippen LogP contribution in [0.2, 0.25) is 0 Å². The molecule has 2 rings (SSSR count). The molecule has 0 spiro atoms. The Morgan fingerprint density at radius 1 is 1.12 bits per heavy atom. The molecule has 1 fully saturated rings. The van der Waals surface area contributed by atoms with Crippen LogP contribution in [0.3, 0.4) is 0 Å². The maximum atomic E-state index is 10.2. The molecule has 17 heavy (non-hydrogen) atoms. The van der Waals surface area contributed by atoms with Crippen LogP contribution in [0, 0.1) is 5.92 Å². The Kier molecular flexibility index (Phi) is 5.25. The molecule has 0 amide bonds. The smallest absolute Gasteiger partial charge is 0.115 e. The second kappa shape index (κ2) is 6.24. The fourth-order valence-electron chi connectivity index (χ4n) is 2.49. The Labute approximate surface area is 108 Å². The lowest BCUT2D eigenvalue weighted by atomic mass is 9.91. The number of nitrogens with two attached hydrogens (primary N) is 1. The zero-order chi connectivity index (χ0) is 11.5. The van der Waals surface area contributed by atoms with Gasteiger partial charge in [0.05, 0.1) is 12.1 Å². The van der Waals surface area contributed by atoms with Gasteiger partial charge in [-0.15, -0.1) is 12.4 Å². The summed E-state index contributed by atoms with van der Waals surface area (Å²) in [5, 5.41) is 19.3. The summed E-state index contributed by atoms with van der Waals surface area (Å²) in [5.41, 5.74) is 6.92. The van der Waals surface area contributed by atoms with E-state index >= 15 is 0 Å². The number of benzene rings is 1. The number of rotatable bonds is 3. The van der Waals surface area contributed by atoms with Gasteiger partial charge in [0.1, 0.15) is 5.75 Å². The van der Waals surface area contributed by atoms with Gasteiger partial charge in [0.25, 0.3) is 0 Å². The molecule has 0 aliphatic heterocycles. The molecular formula is C13H20ClNO2. The SMILES string of the molecule is Cl.N[C@@H](c1ccc(O)cc1)[C@H](O)C1CCCC1. The monoisotopic (exact) mass is 257 g/mol. The third-order valence-electron chi connectivity index (χ3n) is 3.53. The first-order valence-corrected chi connectivity index (χ1v) is 5.91. The molecule has 2 atom stereocenters. The van der Waals surface area contributed by atoms with E-state index < -0.39 is 6.10 Å². The van der Waals surface area contributed by atoms with Crippen molar-refractivity contribution in [2.45, 2.75) is 37.8 Å². The highest BCUT2D eigenvalue weighted by Crippen LogP contribution is 2.32. The van der Waals surface area contributed by atoms with E-state index in [2.05, 4.69) is 0 Å². The standard InChI is InChI=1S/C13H19NO2.ClH/c14-12(9-5-7-11(15)8-6-9)13(16)10-3-1-2-4-10;/h5-8,10,12-13,15-16H,1-4,14H2;1H/t12-,13+;/m0./s1. The van der Waals surface area contributed by atoms with Crippen LogP contribution in [-0.4, -0.2) is 16.3 Å². The van der Waals surface area contributed by atoms with E-state index in [1.807, 2.05) is 0 Å². The average Bonchev–Trinajstić information content (AvgIpc) is 2.81. The molecule has 1 aliphatic rings. The third kappa shape index (κ3) is 3.35. The summed E-state index contributed by atoms with van der Waals surface area (Å²) in [7, 11) is 0. The number of hydrogen-bond donors (Lipinski definition) is 3. The van der Waals surface area contributed by atoms with Gasteiger partial charge in [-0.25, -0.2) is 0 Å². The topological polar surface area (TPSA) is 66.5 Å². The normalized spacial score (nSPS) is 19.6. The van der Waals surface area contributed by atoms with E-state index in [-0.39, 0.29) is 24.2 Å². The van der Waals surface area contributed by atoms with Crippen molar-refractivity contribution in [3.05, 3.63) is 29.8 Å². The number of aromatic hydroxyl groups is 1. The minimum atomic E-state index is -0.466. The van der Waals surface area contributed by atoms with E-state index in [9.17, 15) is 10.2 Å². The molecule has 4 heteroatoms. The third-order valence-corrected chi connectivity index (χ3v) is 3.53. The first-order chi connectivity index (χ1) is 7.68. The Morgan fingerprint density at radius 3 is 2.18 bits per heavy atom. The molecular weight excluding hydrogens is 238 g/mol. The van der Waals surface area contributed by atoms with Gasteiger partial charge in [-0.1, -0.05) is 25.0 Å². The maximum Gasteiger partial charge on any atom is 0.115 e. The van der Waals surface area contributed by atoms with Gasteiger partial charge in [0.2, 0.25) is 0 Å². The van der Waals surface area contributed by atoms with E-state index in [0.29, 0.717) is 5.92 Å². The highest BCUT2D eigenvalue weighted by atomic mass is 35.5. The minimum Gasteiger partial charge on any atom is -0.508 e. The molecule has 0 heterocycles. The van der Waals surface area contributed by atoms with Crippen LogP contribution in [0.5, 0.6) is 5.75 Å². The number of phenolic OH excluding ortho intramolecular Hbond substituents is 1. The van der Waals surface area contributed by atoms with Crippen molar-refractivity contribution < 1.29 is 10.2 Å². The Morgan fingerprint density at radius 2 is 1.65 bits per heavy atom. The summed E-state index contributed by atoms with van der Waals surface area (Å²) in [4.78, 5) is 0. The summed E-state index contributed by atoms with van der Waals surface area (Å²) < 4.78 is 0. The molecule has 1 aliphatic carbocycles. The molecule has 0 aromatic heterocycles. The maximum absolute atomic E-state index is 10.2. The Balaban J connectivity index is 0.00000144. The van der Waals surface area contributed by atoms with Crippen LogP contribution < -0.4 is 5.73 Å². The van der Waals surface area contributed by atoms with E-state index in [4.69, 9.17) is 5.73 Å². The molecule has 1 saturated carbocycles. The van der Waals surface area contributed by atoms with Crippen molar-refractivity contribution in [3.8, 4) is 5.75 Å². The average molecular weight is 258 g/mol. The highest BCUT2D eigenvalue weighted by molar-refractivity contribution is 5.85. The predicted molar refractivity (Wildman–Crippen MR) is 70.2 cm³/mol. The zero-order valence-corrected chi connectivity index (χ0v) is 10.6. The number of halogens is 1.